The van der Waals surface area contributed by atoms with Gasteiger partial charge >= 0.3 is 0 Å². The van der Waals surface area contributed by atoms with Crippen LogP contribution in [0.3, 0.4) is 0 Å². The predicted octanol–water partition coefficient (Wildman–Crippen LogP) is 2.85. The van der Waals surface area contributed by atoms with Crippen molar-refractivity contribution >= 4 is 12.7 Å². The molecule has 1 N–H and O–H groups in total. The standard InChI is InChI=1S/C27H30FN5O2/c1-18-16-32(17-30-18)25-11-6-21(15-26(25)35-5)14-24-20(3)33(27(31-24)29-12-13-34-4)19(2)22-7-9-23(28)10-8-22/h6-11,14-17,19H,3,12-13H2,1-2,4-5H3,(H,29,31)/b24-14-. The molecule has 0 aliphatic carbocycles. The third-order valence-electron chi connectivity index (χ3n) is 5.88. The number of nitrogens with one attached hydrogen (secondary N) is 1. The van der Waals surface area contributed by atoms with Crippen molar-refractivity contribution in [3.63, 3.8) is 0 Å². The van der Waals surface area contributed by atoms with Gasteiger partial charge in [0.2, 0.25) is 5.62 Å². The molecule has 4 aromatic rings. The summed E-state index contributed by atoms with van der Waals surface area (Å²) >= 11 is 0. The highest BCUT2D eigenvalue weighted by Crippen LogP contribution is 2.24. The van der Waals surface area contributed by atoms with Crippen molar-refractivity contribution in [1.82, 2.24) is 19.1 Å². The molecule has 0 radical (unpaired) electrons. The maximum atomic E-state index is 13.5. The summed E-state index contributed by atoms with van der Waals surface area (Å²) < 4.78 is 28.3. The van der Waals surface area contributed by atoms with E-state index in [0.29, 0.717) is 18.8 Å². The highest BCUT2D eigenvalue weighted by molar-refractivity contribution is 5.58. The van der Waals surface area contributed by atoms with Crippen LogP contribution >= 0.6 is 0 Å². The highest BCUT2D eigenvalue weighted by Gasteiger charge is 2.12. The van der Waals surface area contributed by atoms with Crippen LogP contribution in [0, 0.1) is 12.7 Å². The van der Waals surface area contributed by atoms with Crippen molar-refractivity contribution in [3.8, 4) is 11.4 Å². The number of imidazole rings is 2. The number of nitrogens with zero attached hydrogens (tertiary/aromatic N) is 4. The number of halogens is 1. The van der Waals surface area contributed by atoms with Crippen LogP contribution in [0.1, 0.15) is 29.8 Å². The second kappa shape index (κ2) is 10.6. The quantitative estimate of drug-likeness (QED) is 0.399. The first kappa shape index (κ1) is 24.2. The topological polar surface area (TPSA) is 69.4 Å². The molecule has 8 heteroatoms. The Morgan fingerprint density at radius 2 is 1.97 bits per heavy atom. The Morgan fingerprint density at radius 1 is 1.20 bits per heavy atom. The smallest absolute Gasteiger partial charge is 0.203 e. The van der Waals surface area contributed by atoms with Crippen molar-refractivity contribution < 1.29 is 13.9 Å². The minimum atomic E-state index is -0.267. The number of aromatic nitrogens is 4. The lowest BCUT2D eigenvalue weighted by Crippen LogP contribution is -2.34. The van der Waals surface area contributed by atoms with Crippen molar-refractivity contribution in [1.29, 1.82) is 0 Å². The zero-order chi connectivity index (χ0) is 24.9. The van der Waals surface area contributed by atoms with Gasteiger partial charge in [-0.2, -0.15) is 0 Å². The second-order valence-electron chi connectivity index (χ2n) is 8.28. The van der Waals surface area contributed by atoms with E-state index >= 15 is 0 Å². The molecule has 0 spiro atoms. The van der Waals surface area contributed by atoms with Crippen LogP contribution in [0.2, 0.25) is 0 Å². The van der Waals surface area contributed by atoms with Gasteiger partial charge in [0.1, 0.15) is 11.6 Å². The van der Waals surface area contributed by atoms with E-state index in [-0.39, 0.29) is 11.9 Å². The Bertz CT molecular complexity index is 1480. The van der Waals surface area contributed by atoms with Crippen LogP contribution in [0.25, 0.3) is 18.3 Å². The van der Waals surface area contributed by atoms with Gasteiger partial charge in [-0.05, 0) is 55.3 Å². The third-order valence-corrected chi connectivity index (χ3v) is 5.88. The molecule has 0 saturated carbocycles. The molecule has 182 valence electrons. The van der Waals surface area contributed by atoms with Crippen molar-refractivity contribution in [2.24, 2.45) is 4.99 Å². The first-order chi connectivity index (χ1) is 16.9. The van der Waals surface area contributed by atoms with E-state index in [1.165, 1.54) is 12.1 Å². The molecule has 1 atom stereocenters. The second-order valence-corrected chi connectivity index (χ2v) is 8.28. The lowest BCUT2D eigenvalue weighted by molar-refractivity contribution is 0.207. The Hall–Kier alpha value is -3.91. The number of aryl methyl sites for hydroxylation is 1. The fraction of sp³-hybridized carbons (Fsp3) is 0.259. The Kier molecular flexibility index (Phi) is 7.31. The van der Waals surface area contributed by atoms with E-state index in [1.807, 2.05) is 53.5 Å². The average molecular weight is 476 g/mol. The number of hydrogen-bond acceptors (Lipinski definition) is 4. The monoisotopic (exact) mass is 475 g/mol. The van der Waals surface area contributed by atoms with Gasteiger partial charge in [0.25, 0.3) is 0 Å². The number of H-pyrrole nitrogens is 1. The number of ether oxygens (including phenoxy) is 2. The van der Waals surface area contributed by atoms with Crippen LogP contribution in [-0.2, 0) is 4.74 Å². The molecule has 0 aliphatic rings. The van der Waals surface area contributed by atoms with E-state index in [9.17, 15) is 4.39 Å². The third kappa shape index (κ3) is 5.27. The largest absolute Gasteiger partial charge is 0.495 e. The Labute approximate surface area is 203 Å². The average Bonchev–Trinajstić information content (AvgIpc) is 3.42. The summed E-state index contributed by atoms with van der Waals surface area (Å²) in [4.78, 5) is 12.4. The van der Waals surface area contributed by atoms with E-state index in [4.69, 9.17) is 9.47 Å². The molecule has 0 saturated heterocycles. The van der Waals surface area contributed by atoms with Crippen LogP contribution in [0.5, 0.6) is 5.75 Å². The maximum Gasteiger partial charge on any atom is 0.203 e. The van der Waals surface area contributed by atoms with Gasteiger partial charge in [0.15, 0.2) is 0 Å². The fourth-order valence-corrected chi connectivity index (χ4v) is 4.01. The summed E-state index contributed by atoms with van der Waals surface area (Å²) in [6.45, 7) is 9.32. The van der Waals surface area contributed by atoms with Gasteiger partial charge < -0.3 is 23.6 Å². The van der Waals surface area contributed by atoms with Gasteiger partial charge in [0.05, 0.1) is 54.7 Å². The summed E-state index contributed by atoms with van der Waals surface area (Å²) in [7, 11) is 3.30. The van der Waals surface area contributed by atoms with E-state index in [0.717, 1.165) is 39.0 Å². The summed E-state index contributed by atoms with van der Waals surface area (Å²) in [5.41, 5.74) is 4.41. The molecule has 1 unspecified atom stereocenters. The zero-order valence-corrected chi connectivity index (χ0v) is 20.5. The molecule has 35 heavy (non-hydrogen) atoms. The molecule has 2 aromatic carbocycles. The SMILES string of the molecule is C=c1/c(=C/c2ccc(-n3cnc(C)c3)c(OC)c2)[nH]/c(=N\CCOC)n1C(C)c1ccc(F)cc1. The molecule has 2 aromatic heterocycles. The van der Waals surface area contributed by atoms with Crippen LogP contribution < -0.4 is 21.1 Å². The first-order valence-corrected chi connectivity index (χ1v) is 11.4. The number of benzene rings is 2. The molecule has 7 nitrogen and oxygen atoms in total. The Morgan fingerprint density at radius 3 is 2.63 bits per heavy atom. The number of aromatic amines is 1. The summed E-state index contributed by atoms with van der Waals surface area (Å²) in [5.74, 6) is 0.461. The van der Waals surface area contributed by atoms with Crippen LogP contribution in [-0.4, -0.2) is 46.5 Å². The number of rotatable bonds is 8. The summed E-state index contributed by atoms with van der Waals surface area (Å²) in [6.07, 6.45) is 5.73. The molecule has 0 fully saturated rings. The normalized spacial score (nSPS) is 13.4. The maximum absolute atomic E-state index is 13.5. The van der Waals surface area contributed by atoms with E-state index in [1.54, 1.807) is 32.7 Å². The van der Waals surface area contributed by atoms with Crippen molar-refractivity contribution in [3.05, 3.63) is 93.9 Å². The van der Waals surface area contributed by atoms with Crippen molar-refractivity contribution in [2.75, 3.05) is 27.4 Å². The van der Waals surface area contributed by atoms with Gasteiger partial charge in [0, 0.05) is 13.3 Å². The van der Waals surface area contributed by atoms with Crippen LogP contribution in [0.15, 0.2) is 60.0 Å². The predicted molar refractivity (Wildman–Crippen MR) is 134 cm³/mol. The van der Waals surface area contributed by atoms with Gasteiger partial charge in [-0.1, -0.05) is 24.8 Å². The minimum absolute atomic E-state index is 0.107. The molecule has 2 heterocycles. The minimum Gasteiger partial charge on any atom is -0.495 e. The van der Waals surface area contributed by atoms with Crippen molar-refractivity contribution in [2.45, 2.75) is 19.9 Å². The molecule has 4 rings (SSSR count). The van der Waals surface area contributed by atoms with Gasteiger partial charge in [-0.15, -0.1) is 0 Å². The first-order valence-electron chi connectivity index (χ1n) is 11.4. The summed E-state index contributed by atoms with van der Waals surface area (Å²) in [6, 6.07) is 12.4. The van der Waals surface area contributed by atoms with E-state index < -0.39 is 0 Å². The molecule has 0 amide bonds. The number of methoxy groups -OCH3 is 2. The lowest BCUT2D eigenvalue weighted by atomic mass is 10.1. The summed E-state index contributed by atoms with van der Waals surface area (Å²) in [5, 5.41) is 1.59. The Balaban J connectivity index is 1.80. The van der Waals surface area contributed by atoms with Gasteiger partial charge in [-0.3, -0.25) is 4.99 Å². The number of hydrogen-bond donors (Lipinski definition) is 1. The molecular formula is C27H30FN5O2. The lowest BCUT2D eigenvalue weighted by Gasteiger charge is -2.14. The molecular weight excluding hydrogens is 445 g/mol. The van der Waals surface area contributed by atoms with Gasteiger partial charge in [-0.25, -0.2) is 9.37 Å². The zero-order valence-electron chi connectivity index (χ0n) is 20.5. The van der Waals surface area contributed by atoms with Crippen LogP contribution in [0.4, 0.5) is 4.39 Å². The van der Waals surface area contributed by atoms with E-state index in [2.05, 4.69) is 21.5 Å². The molecule has 0 aliphatic heterocycles. The molecule has 0 bridgehead atoms. The highest BCUT2D eigenvalue weighted by atomic mass is 19.1. The fourth-order valence-electron chi connectivity index (χ4n) is 4.01.